The molecule has 0 spiro atoms. The van der Waals surface area contributed by atoms with E-state index in [4.69, 9.17) is 0 Å². The van der Waals surface area contributed by atoms with Crippen molar-refractivity contribution in [3.8, 4) is 0 Å². The van der Waals surface area contributed by atoms with E-state index >= 15 is 0 Å². The summed E-state index contributed by atoms with van der Waals surface area (Å²) in [6.07, 6.45) is -4.53. The summed E-state index contributed by atoms with van der Waals surface area (Å²) in [5.41, 5.74) is -1.56. The van der Waals surface area contributed by atoms with E-state index in [1.807, 2.05) is 0 Å². The number of hydrogen-bond donors (Lipinski definition) is 0. The molecule has 0 radical (unpaired) electrons. The van der Waals surface area contributed by atoms with Gasteiger partial charge in [0.25, 0.3) is 0 Å². The van der Waals surface area contributed by atoms with Gasteiger partial charge in [-0.15, -0.1) is 0 Å². The van der Waals surface area contributed by atoms with Gasteiger partial charge in [-0.05, 0) is 35.0 Å². The van der Waals surface area contributed by atoms with E-state index in [0.717, 1.165) is 12.1 Å². The first-order valence-corrected chi connectivity index (χ1v) is 4.94. The summed E-state index contributed by atoms with van der Waals surface area (Å²) in [5, 5.41) is 0. The Morgan fingerprint density at radius 2 is 1.94 bits per heavy atom. The number of aldehydes is 1. The summed E-state index contributed by atoms with van der Waals surface area (Å²) in [5.74, 6) is -0.413. The topological polar surface area (TPSA) is 34.1 Å². The van der Waals surface area contributed by atoms with E-state index in [-0.39, 0.29) is 16.3 Å². The fourth-order valence-corrected chi connectivity index (χ4v) is 1.95. The summed E-state index contributed by atoms with van der Waals surface area (Å²) in [6.45, 7) is 1.21. The van der Waals surface area contributed by atoms with Gasteiger partial charge >= 0.3 is 6.18 Å². The third-order valence-corrected chi connectivity index (χ3v) is 2.84. The molecule has 0 unspecified atom stereocenters. The molecule has 0 bridgehead atoms. The van der Waals surface area contributed by atoms with Crippen molar-refractivity contribution in [1.29, 1.82) is 0 Å². The molecular formula is C10H6BrF3O2. The number of Topliss-reactive ketones (excluding diaryl/α,β-unsaturated/α-hetero) is 1. The molecule has 0 atom stereocenters. The number of alkyl halides is 3. The first kappa shape index (κ1) is 12.9. The Morgan fingerprint density at radius 1 is 1.38 bits per heavy atom. The van der Waals surface area contributed by atoms with E-state index < -0.39 is 23.1 Å². The van der Waals surface area contributed by atoms with Crippen molar-refractivity contribution < 1.29 is 22.8 Å². The van der Waals surface area contributed by atoms with E-state index in [0.29, 0.717) is 0 Å². The lowest BCUT2D eigenvalue weighted by Gasteiger charge is -2.12. The molecular weight excluding hydrogens is 289 g/mol. The van der Waals surface area contributed by atoms with Crippen LogP contribution < -0.4 is 0 Å². The molecule has 0 amide bonds. The molecule has 0 N–H and O–H groups in total. The Balaban J connectivity index is 3.53. The maximum Gasteiger partial charge on any atom is 0.417 e. The molecule has 0 saturated carbocycles. The highest BCUT2D eigenvalue weighted by atomic mass is 79.9. The van der Waals surface area contributed by atoms with E-state index in [1.165, 1.54) is 6.92 Å². The van der Waals surface area contributed by atoms with Crippen molar-refractivity contribution in [2.45, 2.75) is 13.1 Å². The minimum absolute atomic E-state index is 0.0510. The van der Waals surface area contributed by atoms with Crippen molar-refractivity contribution in [1.82, 2.24) is 0 Å². The summed E-state index contributed by atoms with van der Waals surface area (Å²) >= 11 is 2.83. The summed E-state index contributed by atoms with van der Waals surface area (Å²) in [4.78, 5) is 21.7. The molecule has 1 aromatic carbocycles. The van der Waals surface area contributed by atoms with Crippen LogP contribution in [-0.2, 0) is 6.18 Å². The Labute approximate surface area is 97.6 Å². The second-order valence-electron chi connectivity index (χ2n) is 3.06. The number of ketones is 1. The van der Waals surface area contributed by atoms with Gasteiger partial charge in [-0.2, -0.15) is 13.2 Å². The van der Waals surface area contributed by atoms with Gasteiger partial charge in [-0.25, -0.2) is 0 Å². The maximum absolute atomic E-state index is 12.5. The highest BCUT2D eigenvalue weighted by molar-refractivity contribution is 9.10. The number of rotatable bonds is 2. The molecule has 2 nitrogen and oxygen atoms in total. The quantitative estimate of drug-likeness (QED) is 0.618. The fourth-order valence-electron chi connectivity index (χ4n) is 1.23. The van der Waals surface area contributed by atoms with Crippen LogP contribution in [0.1, 0.15) is 33.2 Å². The largest absolute Gasteiger partial charge is 0.417 e. The van der Waals surface area contributed by atoms with Gasteiger partial charge in [-0.1, -0.05) is 0 Å². The van der Waals surface area contributed by atoms with E-state index in [9.17, 15) is 22.8 Å². The van der Waals surface area contributed by atoms with Crippen LogP contribution in [0.2, 0.25) is 0 Å². The summed E-state index contributed by atoms with van der Waals surface area (Å²) in [7, 11) is 0. The lowest BCUT2D eigenvalue weighted by Crippen LogP contribution is -2.11. The molecule has 1 rings (SSSR count). The van der Waals surface area contributed by atoms with Crippen LogP contribution in [0.5, 0.6) is 0 Å². The number of benzene rings is 1. The smallest absolute Gasteiger partial charge is 0.298 e. The minimum Gasteiger partial charge on any atom is -0.298 e. The normalized spacial score (nSPS) is 11.3. The highest BCUT2D eigenvalue weighted by Crippen LogP contribution is 2.35. The summed E-state index contributed by atoms with van der Waals surface area (Å²) in [6, 6.07) is 1.77. The first-order chi connectivity index (χ1) is 7.29. The van der Waals surface area contributed by atoms with Crippen LogP contribution in [0.15, 0.2) is 16.6 Å². The molecule has 0 aliphatic rings. The fraction of sp³-hybridized carbons (Fsp3) is 0.200. The lowest BCUT2D eigenvalue weighted by atomic mass is 10.0. The summed E-state index contributed by atoms with van der Waals surface area (Å²) < 4.78 is 37.3. The molecule has 0 saturated heterocycles. The molecule has 0 aliphatic carbocycles. The second kappa shape index (κ2) is 4.37. The number of carbonyl (C=O) groups is 2. The average Bonchev–Trinajstić information content (AvgIpc) is 2.15. The van der Waals surface area contributed by atoms with Gasteiger partial charge < -0.3 is 0 Å². The van der Waals surface area contributed by atoms with Gasteiger partial charge in [0.2, 0.25) is 0 Å². The Kier molecular flexibility index (Phi) is 3.52. The number of hydrogen-bond acceptors (Lipinski definition) is 2. The van der Waals surface area contributed by atoms with Gasteiger partial charge in [0.1, 0.15) is 0 Å². The predicted octanol–water partition coefficient (Wildman–Crippen LogP) is 3.48. The maximum atomic E-state index is 12.5. The zero-order valence-corrected chi connectivity index (χ0v) is 9.65. The molecule has 0 aliphatic heterocycles. The highest BCUT2D eigenvalue weighted by Gasteiger charge is 2.34. The van der Waals surface area contributed by atoms with E-state index in [1.54, 1.807) is 0 Å². The SMILES string of the molecule is CC(=O)c1ccc(C(F)(F)F)c(C=O)c1Br. The van der Waals surface area contributed by atoms with Gasteiger partial charge in [0, 0.05) is 15.6 Å². The van der Waals surface area contributed by atoms with Crippen molar-refractivity contribution in [2.24, 2.45) is 0 Å². The Morgan fingerprint density at radius 3 is 2.31 bits per heavy atom. The molecule has 0 fully saturated rings. The molecule has 86 valence electrons. The minimum atomic E-state index is -4.62. The first-order valence-electron chi connectivity index (χ1n) is 4.15. The van der Waals surface area contributed by atoms with Crippen LogP contribution in [0.4, 0.5) is 13.2 Å². The molecule has 0 heterocycles. The number of carbonyl (C=O) groups excluding carboxylic acids is 2. The molecule has 1 aromatic rings. The average molecular weight is 295 g/mol. The second-order valence-corrected chi connectivity index (χ2v) is 3.85. The molecule has 6 heteroatoms. The molecule has 16 heavy (non-hydrogen) atoms. The Hall–Kier alpha value is -1.17. The third kappa shape index (κ3) is 2.32. The standard InChI is InChI=1S/C10H6BrF3O2/c1-5(16)6-2-3-8(10(12,13)14)7(4-15)9(6)11/h2-4H,1H3. The van der Waals surface area contributed by atoms with Gasteiger partial charge in [0.05, 0.1) is 5.56 Å². The lowest BCUT2D eigenvalue weighted by molar-refractivity contribution is -0.137. The van der Waals surface area contributed by atoms with Crippen molar-refractivity contribution in [2.75, 3.05) is 0 Å². The van der Waals surface area contributed by atoms with Crippen molar-refractivity contribution in [3.05, 3.63) is 33.3 Å². The Bertz CT molecular complexity index is 452. The van der Waals surface area contributed by atoms with Crippen LogP contribution in [0, 0.1) is 0 Å². The zero-order chi connectivity index (χ0) is 12.5. The van der Waals surface area contributed by atoms with Crippen LogP contribution in [0.3, 0.4) is 0 Å². The van der Waals surface area contributed by atoms with Crippen LogP contribution in [-0.4, -0.2) is 12.1 Å². The van der Waals surface area contributed by atoms with Gasteiger partial charge in [0.15, 0.2) is 12.1 Å². The van der Waals surface area contributed by atoms with Gasteiger partial charge in [-0.3, -0.25) is 9.59 Å². The van der Waals surface area contributed by atoms with E-state index in [2.05, 4.69) is 15.9 Å². The van der Waals surface area contributed by atoms with Crippen LogP contribution >= 0.6 is 15.9 Å². The zero-order valence-electron chi connectivity index (χ0n) is 8.06. The number of halogens is 4. The molecule has 0 aromatic heterocycles. The third-order valence-electron chi connectivity index (χ3n) is 1.98. The van der Waals surface area contributed by atoms with Crippen LogP contribution in [0.25, 0.3) is 0 Å². The van der Waals surface area contributed by atoms with Crippen molar-refractivity contribution in [3.63, 3.8) is 0 Å². The monoisotopic (exact) mass is 294 g/mol. The predicted molar refractivity (Wildman–Crippen MR) is 54.5 cm³/mol. The van der Waals surface area contributed by atoms with Crippen molar-refractivity contribution >= 4 is 28.0 Å².